The first-order chi connectivity index (χ1) is 12.2. The number of benzene rings is 2. The summed E-state index contributed by atoms with van der Waals surface area (Å²) in [5, 5.41) is 0. The molecular weight excluding hydrogens is 314 g/mol. The Kier molecular flexibility index (Phi) is 6.20. The molecular formula is C21H25NO3. The van der Waals surface area contributed by atoms with E-state index in [2.05, 4.69) is 36.1 Å². The fraction of sp³-hybridized carbons (Fsp3) is 0.381. The van der Waals surface area contributed by atoms with Gasteiger partial charge >= 0.3 is 5.97 Å². The molecule has 1 aliphatic rings. The van der Waals surface area contributed by atoms with Gasteiger partial charge < -0.3 is 9.47 Å². The number of morpholine rings is 1. The first-order valence-corrected chi connectivity index (χ1v) is 8.88. The molecule has 0 spiro atoms. The second-order valence-electron chi connectivity index (χ2n) is 6.36. The summed E-state index contributed by atoms with van der Waals surface area (Å²) in [7, 11) is 0. The lowest BCUT2D eigenvalue weighted by Gasteiger charge is -2.32. The number of hydrogen-bond acceptors (Lipinski definition) is 4. The molecule has 4 nitrogen and oxygen atoms in total. The van der Waals surface area contributed by atoms with E-state index in [9.17, 15) is 4.79 Å². The van der Waals surface area contributed by atoms with Crippen LogP contribution in [0.15, 0.2) is 54.6 Å². The van der Waals surface area contributed by atoms with E-state index in [0.29, 0.717) is 18.8 Å². The Balaban J connectivity index is 1.48. The summed E-state index contributed by atoms with van der Waals surface area (Å²) in [6.45, 7) is 5.62. The Hall–Kier alpha value is -2.17. The summed E-state index contributed by atoms with van der Waals surface area (Å²) in [5.41, 5.74) is 3.09. The molecule has 1 heterocycles. The lowest BCUT2D eigenvalue weighted by atomic mass is 10.1. The molecule has 25 heavy (non-hydrogen) atoms. The van der Waals surface area contributed by atoms with Crippen molar-refractivity contribution in [3.8, 4) is 0 Å². The quantitative estimate of drug-likeness (QED) is 0.757. The van der Waals surface area contributed by atoms with Gasteiger partial charge in [-0.2, -0.15) is 0 Å². The molecule has 1 fully saturated rings. The van der Waals surface area contributed by atoms with Crippen molar-refractivity contribution in [2.45, 2.75) is 26.0 Å². The number of carbonyl (C=O) groups is 1. The van der Waals surface area contributed by atoms with Crippen LogP contribution in [0.5, 0.6) is 0 Å². The maximum atomic E-state index is 12.2. The minimum absolute atomic E-state index is 0.0728. The number of carbonyl (C=O) groups excluding carboxylic acids is 1. The Morgan fingerprint density at radius 2 is 1.88 bits per heavy atom. The molecule has 0 amide bonds. The van der Waals surface area contributed by atoms with Crippen molar-refractivity contribution in [3.05, 3.63) is 71.3 Å². The van der Waals surface area contributed by atoms with Crippen LogP contribution in [-0.2, 0) is 22.4 Å². The van der Waals surface area contributed by atoms with E-state index in [-0.39, 0.29) is 12.1 Å². The van der Waals surface area contributed by atoms with Crippen LogP contribution >= 0.6 is 0 Å². The molecule has 1 unspecified atom stereocenters. The molecule has 0 aromatic heterocycles. The van der Waals surface area contributed by atoms with Crippen LogP contribution in [0.25, 0.3) is 0 Å². The van der Waals surface area contributed by atoms with Crippen molar-refractivity contribution in [1.82, 2.24) is 4.90 Å². The summed E-state index contributed by atoms with van der Waals surface area (Å²) >= 11 is 0. The van der Waals surface area contributed by atoms with E-state index in [0.717, 1.165) is 26.1 Å². The second kappa shape index (κ2) is 8.79. The van der Waals surface area contributed by atoms with Gasteiger partial charge in [-0.05, 0) is 29.7 Å². The van der Waals surface area contributed by atoms with Gasteiger partial charge in [0.25, 0.3) is 0 Å². The van der Waals surface area contributed by atoms with Crippen molar-refractivity contribution in [1.29, 1.82) is 0 Å². The minimum atomic E-state index is -0.286. The summed E-state index contributed by atoms with van der Waals surface area (Å²) < 4.78 is 11.2. The molecule has 2 aromatic carbocycles. The third kappa shape index (κ3) is 5.15. The highest BCUT2D eigenvalue weighted by Crippen LogP contribution is 2.12. The molecule has 132 valence electrons. The molecule has 0 radical (unpaired) electrons. The maximum Gasteiger partial charge on any atom is 0.338 e. The zero-order chi connectivity index (χ0) is 17.5. The molecule has 4 heteroatoms. The number of rotatable bonds is 6. The monoisotopic (exact) mass is 339 g/mol. The number of nitrogens with zero attached hydrogens (tertiary/aromatic N) is 1. The summed E-state index contributed by atoms with van der Waals surface area (Å²) in [6, 6.07) is 18.0. The van der Waals surface area contributed by atoms with Gasteiger partial charge in [0.2, 0.25) is 0 Å². The average Bonchev–Trinajstić information content (AvgIpc) is 2.67. The topological polar surface area (TPSA) is 38.8 Å². The van der Waals surface area contributed by atoms with Crippen molar-refractivity contribution in [2.75, 3.05) is 26.3 Å². The third-order valence-electron chi connectivity index (χ3n) is 4.47. The normalized spacial score (nSPS) is 18.0. The highest BCUT2D eigenvalue weighted by molar-refractivity contribution is 5.89. The van der Waals surface area contributed by atoms with Crippen molar-refractivity contribution >= 4 is 5.97 Å². The first kappa shape index (κ1) is 17.6. The van der Waals surface area contributed by atoms with Gasteiger partial charge in [-0.25, -0.2) is 4.79 Å². The fourth-order valence-corrected chi connectivity index (χ4v) is 2.99. The minimum Gasteiger partial charge on any atom is -0.459 e. The molecule has 0 bridgehead atoms. The van der Waals surface area contributed by atoms with Crippen LogP contribution < -0.4 is 0 Å². The van der Waals surface area contributed by atoms with Crippen LogP contribution in [-0.4, -0.2) is 43.3 Å². The van der Waals surface area contributed by atoms with Crippen LogP contribution in [0, 0.1) is 0 Å². The van der Waals surface area contributed by atoms with Gasteiger partial charge in [0.05, 0.1) is 12.2 Å². The standard InChI is InChI=1S/C21H25NO3/c1-2-17-8-10-19(11-9-17)21(23)25-16-20-15-22(12-13-24-20)14-18-6-4-3-5-7-18/h3-11,20H,2,12-16H2,1H3. The van der Waals surface area contributed by atoms with Crippen LogP contribution in [0.4, 0.5) is 0 Å². The zero-order valence-corrected chi connectivity index (χ0v) is 14.7. The van der Waals surface area contributed by atoms with Crippen LogP contribution in [0.1, 0.15) is 28.4 Å². The zero-order valence-electron chi connectivity index (χ0n) is 14.7. The number of esters is 1. The first-order valence-electron chi connectivity index (χ1n) is 8.88. The summed E-state index contributed by atoms with van der Waals surface area (Å²) in [4.78, 5) is 14.5. The average molecular weight is 339 g/mol. The van der Waals surface area contributed by atoms with E-state index in [4.69, 9.17) is 9.47 Å². The molecule has 3 rings (SSSR count). The van der Waals surface area contributed by atoms with Gasteiger partial charge in [-0.15, -0.1) is 0 Å². The highest BCUT2D eigenvalue weighted by Gasteiger charge is 2.22. The van der Waals surface area contributed by atoms with Crippen LogP contribution in [0.3, 0.4) is 0 Å². The molecule has 1 saturated heterocycles. The molecule has 0 saturated carbocycles. The van der Waals surface area contributed by atoms with E-state index in [1.165, 1.54) is 11.1 Å². The largest absolute Gasteiger partial charge is 0.459 e. The molecule has 1 atom stereocenters. The summed E-state index contributed by atoms with van der Waals surface area (Å²) in [5.74, 6) is -0.286. The van der Waals surface area contributed by atoms with E-state index < -0.39 is 0 Å². The predicted octanol–water partition coefficient (Wildman–Crippen LogP) is 3.31. The van der Waals surface area contributed by atoms with E-state index in [1.54, 1.807) is 0 Å². The molecule has 0 aliphatic carbocycles. The number of aryl methyl sites for hydroxylation is 1. The maximum absolute atomic E-state index is 12.2. The van der Waals surface area contributed by atoms with E-state index >= 15 is 0 Å². The van der Waals surface area contributed by atoms with Gasteiger partial charge in [0.15, 0.2) is 0 Å². The van der Waals surface area contributed by atoms with Crippen LogP contribution in [0.2, 0.25) is 0 Å². The molecule has 1 aliphatic heterocycles. The van der Waals surface area contributed by atoms with E-state index in [1.807, 2.05) is 30.3 Å². The number of ether oxygens (including phenoxy) is 2. The SMILES string of the molecule is CCc1ccc(C(=O)OCC2CN(Cc3ccccc3)CCO2)cc1. The van der Waals surface area contributed by atoms with Gasteiger partial charge in [-0.3, -0.25) is 4.90 Å². The fourth-order valence-electron chi connectivity index (χ4n) is 2.99. The van der Waals surface area contributed by atoms with Gasteiger partial charge in [0, 0.05) is 19.6 Å². The third-order valence-corrected chi connectivity index (χ3v) is 4.47. The van der Waals surface area contributed by atoms with Crippen molar-refractivity contribution in [3.63, 3.8) is 0 Å². The Morgan fingerprint density at radius 1 is 1.12 bits per heavy atom. The van der Waals surface area contributed by atoms with Gasteiger partial charge in [-0.1, -0.05) is 49.4 Å². The Bertz CT molecular complexity index is 669. The molecule has 0 N–H and O–H groups in total. The number of hydrogen-bond donors (Lipinski definition) is 0. The van der Waals surface area contributed by atoms with Gasteiger partial charge in [0.1, 0.15) is 12.7 Å². The Labute approximate surface area is 149 Å². The summed E-state index contributed by atoms with van der Waals surface area (Å²) in [6.07, 6.45) is 0.888. The smallest absolute Gasteiger partial charge is 0.338 e. The molecule has 2 aromatic rings. The Morgan fingerprint density at radius 3 is 2.60 bits per heavy atom. The lowest BCUT2D eigenvalue weighted by Crippen LogP contribution is -2.44. The second-order valence-corrected chi connectivity index (χ2v) is 6.36. The van der Waals surface area contributed by atoms with Crippen molar-refractivity contribution in [2.24, 2.45) is 0 Å². The lowest BCUT2D eigenvalue weighted by molar-refractivity contribution is -0.0612. The highest BCUT2D eigenvalue weighted by atomic mass is 16.6. The predicted molar refractivity (Wildman–Crippen MR) is 97.6 cm³/mol. The van der Waals surface area contributed by atoms with Crippen molar-refractivity contribution < 1.29 is 14.3 Å².